The molecule has 0 radical (unpaired) electrons. The van der Waals surface area contributed by atoms with Crippen molar-refractivity contribution in [2.45, 2.75) is 30.8 Å². The molecule has 2 heterocycles. The highest BCUT2D eigenvalue weighted by Crippen LogP contribution is 2.35. The summed E-state index contributed by atoms with van der Waals surface area (Å²) in [7, 11) is -4.27. The van der Waals surface area contributed by atoms with Gasteiger partial charge in [0.15, 0.2) is 11.5 Å². The Morgan fingerprint density at radius 1 is 1.26 bits per heavy atom. The van der Waals surface area contributed by atoms with Gasteiger partial charge in [-0.15, -0.1) is 0 Å². The second-order valence-corrected chi connectivity index (χ2v) is 6.38. The van der Waals surface area contributed by atoms with E-state index in [1.54, 1.807) is 0 Å². The standard InChI is InChI=1S/C10H15N7O5S/c11-8-5-9(16-10(12)15-8)17(2-14-5)3-1-4(7(19)6(3)18)22-23(13,20)21/h2-4,6-7,18-19H,1H2,(H2,13,20,21)(H4,11,12,15,16)/t3-,4+,6+,7-/m1/s1. The molecule has 1 fully saturated rings. The number of nitrogen functional groups attached to an aromatic ring is 2. The second-order valence-electron chi connectivity index (χ2n) is 5.20. The minimum atomic E-state index is -4.27. The first kappa shape index (κ1) is 15.8. The number of fused-ring (bicyclic) bond motifs is 1. The van der Waals surface area contributed by atoms with Gasteiger partial charge in [-0.05, 0) is 0 Å². The molecule has 1 aliphatic rings. The number of nitrogens with two attached hydrogens (primary N) is 3. The van der Waals surface area contributed by atoms with Gasteiger partial charge in [0.25, 0.3) is 0 Å². The molecule has 4 atom stereocenters. The van der Waals surface area contributed by atoms with Crippen molar-refractivity contribution in [1.82, 2.24) is 19.5 Å². The average Bonchev–Trinajstić information content (AvgIpc) is 2.94. The van der Waals surface area contributed by atoms with Gasteiger partial charge in [0.1, 0.15) is 23.8 Å². The van der Waals surface area contributed by atoms with Crippen LogP contribution >= 0.6 is 0 Å². The summed E-state index contributed by atoms with van der Waals surface area (Å²) in [6, 6.07) is -0.754. The third-order valence-corrected chi connectivity index (χ3v) is 4.19. The van der Waals surface area contributed by atoms with Crippen molar-refractivity contribution in [3.05, 3.63) is 6.33 Å². The van der Waals surface area contributed by atoms with Gasteiger partial charge in [-0.2, -0.15) is 18.4 Å². The molecule has 0 bridgehead atoms. The molecule has 126 valence electrons. The van der Waals surface area contributed by atoms with Gasteiger partial charge in [-0.1, -0.05) is 0 Å². The number of anilines is 2. The van der Waals surface area contributed by atoms with E-state index in [1.807, 2.05) is 0 Å². The largest absolute Gasteiger partial charge is 0.388 e. The molecule has 8 N–H and O–H groups in total. The van der Waals surface area contributed by atoms with Gasteiger partial charge in [-0.25, -0.2) is 10.1 Å². The lowest BCUT2D eigenvalue weighted by Gasteiger charge is -2.17. The van der Waals surface area contributed by atoms with Crippen LogP contribution in [0.4, 0.5) is 11.8 Å². The Morgan fingerprint density at radius 2 is 1.96 bits per heavy atom. The monoisotopic (exact) mass is 345 g/mol. The lowest BCUT2D eigenvalue weighted by Crippen LogP contribution is -2.35. The first-order chi connectivity index (χ1) is 10.7. The Labute approximate surface area is 130 Å². The van der Waals surface area contributed by atoms with Crippen molar-refractivity contribution in [3.8, 4) is 0 Å². The molecule has 1 aliphatic carbocycles. The third-order valence-electron chi connectivity index (χ3n) is 3.68. The van der Waals surface area contributed by atoms with Crippen LogP contribution in [-0.4, -0.2) is 56.5 Å². The van der Waals surface area contributed by atoms with E-state index >= 15 is 0 Å². The van der Waals surface area contributed by atoms with Crippen molar-refractivity contribution in [2.24, 2.45) is 5.14 Å². The second kappa shape index (κ2) is 5.24. The van der Waals surface area contributed by atoms with E-state index in [2.05, 4.69) is 19.1 Å². The number of nitrogens with zero attached hydrogens (tertiary/aromatic N) is 4. The van der Waals surface area contributed by atoms with Crippen LogP contribution < -0.4 is 16.6 Å². The van der Waals surface area contributed by atoms with Crippen LogP contribution in [0.1, 0.15) is 12.5 Å². The molecule has 0 saturated heterocycles. The quantitative estimate of drug-likeness (QED) is 0.387. The summed E-state index contributed by atoms with van der Waals surface area (Å²) in [5.41, 5.74) is 11.8. The van der Waals surface area contributed by atoms with Crippen LogP contribution in [0.25, 0.3) is 11.2 Å². The number of rotatable bonds is 3. The number of aliphatic hydroxyl groups is 2. The maximum Gasteiger partial charge on any atom is 0.333 e. The van der Waals surface area contributed by atoms with Crippen molar-refractivity contribution in [3.63, 3.8) is 0 Å². The topological polar surface area (TPSA) is 205 Å². The molecular formula is C10H15N7O5S. The number of imidazole rings is 1. The van der Waals surface area contributed by atoms with Gasteiger partial charge < -0.3 is 26.2 Å². The number of aromatic nitrogens is 4. The Bertz CT molecular complexity index is 853. The zero-order chi connectivity index (χ0) is 16.9. The molecule has 0 spiro atoms. The summed E-state index contributed by atoms with van der Waals surface area (Å²) in [5, 5.41) is 24.9. The first-order valence-corrected chi connectivity index (χ1v) is 7.97. The minimum Gasteiger partial charge on any atom is -0.388 e. The number of hydrogen-bond donors (Lipinski definition) is 5. The fourth-order valence-corrected chi connectivity index (χ4v) is 3.25. The fourth-order valence-electron chi connectivity index (χ4n) is 2.71. The molecule has 0 amide bonds. The van der Waals surface area contributed by atoms with E-state index in [0.717, 1.165) is 0 Å². The van der Waals surface area contributed by atoms with E-state index in [9.17, 15) is 18.6 Å². The third kappa shape index (κ3) is 2.79. The van der Waals surface area contributed by atoms with Gasteiger partial charge in [0, 0.05) is 6.42 Å². The molecule has 3 rings (SSSR count). The zero-order valence-electron chi connectivity index (χ0n) is 11.6. The first-order valence-electron chi connectivity index (χ1n) is 6.50. The molecule has 12 nitrogen and oxygen atoms in total. The summed E-state index contributed by atoms with van der Waals surface area (Å²) in [6.07, 6.45) is -2.66. The predicted molar refractivity (Wildman–Crippen MR) is 77.8 cm³/mol. The van der Waals surface area contributed by atoms with Crippen LogP contribution in [0.3, 0.4) is 0 Å². The number of aliphatic hydroxyl groups excluding tert-OH is 2. The van der Waals surface area contributed by atoms with E-state index in [4.69, 9.17) is 16.6 Å². The summed E-state index contributed by atoms with van der Waals surface area (Å²) in [6.45, 7) is 0. The molecule has 2 aromatic rings. The van der Waals surface area contributed by atoms with Gasteiger partial charge >= 0.3 is 10.3 Å². The molecule has 2 aromatic heterocycles. The van der Waals surface area contributed by atoms with Crippen molar-refractivity contribution < 1.29 is 22.8 Å². The molecule has 23 heavy (non-hydrogen) atoms. The van der Waals surface area contributed by atoms with Crippen molar-refractivity contribution in [1.29, 1.82) is 0 Å². The van der Waals surface area contributed by atoms with Crippen molar-refractivity contribution in [2.75, 3.05) is 11.5 Å². The molecular weight excluding hydrogens is 330 g/mol. The predicted octanol–water partition coefficient (Wildman–Crippen LogP) is -2.75. The van der Waals surface area contributed by atoms with Crippen LogP contribution in [0, 0.1) is 0 Å². The smallest absolute Gasteiger partial charge is 0.333 e. The summed E-state index contributed by atoms with van der Waals surface area (Å²) < 4.78 is 28.1. The van der Waals surface area contributed by atoms with E-state index < -0.39 is 34.7 Å². The van der Waals surface area contributed by atoms with E-state index in [1.165, 1.54) is 10.9 Å². The molecule has 13 heteroatoms. The number of hydrogen-bond acceptors (Lipinski definition) is 10. The van der Waals surface area contributed by atoms with Crippen LogP contribution in [0.5, 0.6) is 0 Å². The average molecular weight is 345 g/mol. The zero-order valence-corrected chi connectivity index (χ0v) is 12.5. The Hall–Kier alpha value is -2.06. The van der Waals surface area contributed by atoms with Crippen molar-refractivity contribution >= 4 is 33.2 Å². The lowest BCUT2D eigenvalue weighted by atomic mass is 10.2. The molecule has 0 aliphatic heterocycles. The highest BCUT2D eigenvalue weighted by atomic mass is 32.2. The molecule has 1 saturated carbocycles. The lowest BCUT2D eigenvalue weighted by molar-refractivity contribution is -0.0146. The van der Waals surface area contributed by atoms with Crippen LogP contribution in [0.2, 0.25) is 0 Å². The normalized spacial score (nSPS) is 28.5. The molecule has 0 aromatic carbocycles. The Balaban J connectivity index is 1.99. The van der Waals surface area contributed by atoms with E-state index in [0.29, 0.717) is 0 Å². The van der Waals surface area contributed by atoms with Gasteiger partial charge in [0.2, 0.25) is 5.95 Å². The van der Waals surface area contributed by atoms with Gasteiger partial charge in [0.05, 0.1) is 12.4 Å². The fraction of sp³-hybridized carbons (Fsp3) is 0.500. The maximum atomic E-state index is 11.0. The maximum absolute atomic E-state index is 11.0. The SMILES string of the molecule is Nc1nc(N)c2ncn([C@@H]3C[C@H](OS(N)(=O)=O)[C@@H](O)[C@H]3O)c2n1. The minimum absolute atomic E-state index is 0.0337. The van der Waals surface area contributed by atoms with Crippen LogP contribution in [-0.2, 0) is 14.5 Å². The molecule has 0 unspecified atom stereocenters. The summed E-state index contributed by atoms with van der Waals surface area (Å²) in [5.74, 6) is -0.0151. The van der Waals surface area contributed by atoms with Crippen LogP contribution in [0.15, 0.2) is 6.33 Å². The highest BCUT2D eigenvalue weighted by molar-refractivity contribution is 7.84. The highest BCUT2D eigenvalue weighted by Gasteiger charge is 2.45. The Morgan fingerprint density at radius 3 is 2.61 bits per heavy atom. The Kier molecular flexibility index (Phi) is 3.61. The summed E-state index contributed by atoms with van der Waals surface area (Å²) >= 11 is 0. The summed E-state index contributed by atoms with van der Waals surface area (Å²) in [4.78, 5) is 11.8. The van der Waals surface area contributed by atoms with E-state index in [-0.39, 0.29) is 29.4 Å². The van der Waals surface area contributed by atoms with Gasteiger partial charge in [-0.3, -0.25) is 4.18 Å².